The lowest BCUT2D eigenvalue weighted by atomic mass is 9.90. The number of aliphatic hydroxyl groups excluding tert-OH is 1. The second kappa shape index (κ2) is 13.1. The van der Waals surface area contributed by atoms with Gasteiger partial charge in [0.15, 0.2) is 5.78 Å². The highest BCUT2D eigenvalue weighted by molar-refractivity contribution is 5.95. The van der Waals surface area contributed by atoms with Crippen molar-refractivity contribution >= 4 is 11.8 Å². The van der Waals surface area contributed by atoms with Gasteiger partial charge in [-0.3, -0.25) is 9.59 Å². The second-order valence-electron chi connectivity index (χ2n) is 6.36. The Hall–Kier alpha value is -2.20. The largest absolute Gasteiger partial charge is 0.481 e. The molecule has 4 nitrogen and oxygen atoms in total. The van der Waals surface area contributed by atoms with Crippen LogP contribution in [-0.2, 0) is 9.59 Å². The minimum absolute atomic E-state index is 0.0306. The number of allylic oxidation sites excluding steroid dienone is 8. The molecule has 0 aromatic heterocycles. The fourth-order valence-corrected chi connectivity index (χ4v) is 2.70. The van der Waals surface area contributed by atoms with Gasteiger partial charge in [-0.05, 0) is 38.2 Å². The minimum atomic E-state index is -0.789. The molecule has 0 radical (unpaired) electrons. The smallest absolute Gasteiger partial charge is 0.303 e. The van der Waals surface area contributed by atoms with Gasteiger partial charge in [0.1, 0.15) is 0 Å². The van der Waals surface area contributed by atoms with Gasteiger partial charge in [0.2, 0.25) is 0 Å². The van der Waals surface area contributed by atoms with E-state index in [1.54, 1.807) is 12.2 Å². The van der Waals surface area contributed by atoms with E-state index in [0.29, 0.717) is 19.3 Å². The summed E-state index contributed by atoms with van der Waals surface area (Å²) < 4.78 is 0. The van der Waals surface area contributed by atoms with Gasteiger partial charge in [0.05, 0.1) is 6.10 Å². The topological polar surface area (TPSA) is 74.6 Å². The minimum Gasteiger partial charge on any atom is -0.481 e. The lowest BCUT2D eigenvalue weighted by molar-refractivity contribution is -0.136. The predicted octanol–water partition coefficient (Wildman–Crippen LogP) is 4.39. The molecule has 0 aromatic carbocycles. The third kappa shape index (κ3) is 9.33. The molecule has 1 aliphatic carbocycles. The van der Waals surface area contributed by atoms with Crippen LogP contribution in [0.2, 0.25) is 0 Å². The number of carboxylic acids is 1. The third-order valence-corrected chi connectivity index (χ3v) is 4.17. The Morgan fingerprint density at radius 2 is 1.96 bits per heavy atom. The number of hydrogen-bond acceptors (Lipinski definition) is 3. The second-order valence-corrected chi connectivity index (χ2v) is 6.36. The Labute approximate surface area is 156 Å². The van der Waals surface area contributed by atoms with Crippen LogP contribution in [0.3, 0.4) is 0 Å². The number of aliphatic carboxylic acids is 1. The Morgan fingerprint density at radius 1 is 1.19 bits per heavy atom. The van der Waals surface area contributed by atoms with Crippen molar-refractivity contribution < 1.29 is 19.8 Å². The van der Waals surface area contributed by atoms with Crippen molar-refractivity contribution in [2.45, 2.75) is 51.6 Å². The summed E-state index contributed by atoms with van der Waals surface area (Å²) >= 11 is 0. The number of ketones is 1. The van der Waals surface area contributed by atoms with E-state index in [-0.39, 0.29) is 24.0 Å². The van der Waals surface area contributed by atoms with Gasteiger partial charge in [0, 0.05) is 18.3 Å². The van der Waals surface area contributed by atoms with Gasteiger partial charge >= 0.3 is 5.97 Å². The molecule has 0 amide bonds. The van der Waals surface area contributed by atoms with Crippen LogP contribution in [0.15, 0.2) is 60.8 Å². The van der Waals surface area contributed by atoms with Crippen LogP contribution in [0, 0.1) is 11.8 Å². The van der Waals surface area contributed by atoms with E-state index in [1.165, 1.54) is 0 Å². The Morgan fingerprint density at radius 3 is 2.69 bits per heavy atom. The first-order valence-electron chi connectivity index (χ1n) is 9.29. The molecule has 4 heteroatoms. The first kappa shape index (κ1) is 21.8. The summed E-state index contributed by atoms with van der Waals surface area (Å²) in [6.45, 7) is 2.05. The summed E-state index contributed by atoms with van der Waals surface area (Å²) in [5.74, 6) is -0.732. The van der Waals surface area contributed by atoms with E-state index in [4.69, 9.17) is 5.11 Å². The standard InChI is InChI=1S/C22H30O4/c1-2-3-8-11-19(23)16-14-18-15-17-21(24)20(18)12-9-6-4-5-7-10-13-22(25)26/h3,5-9,14-20,23H,2,4,10-13H2,1H3,(H,25,26)/b7-5-,8-3-,9-6-,16-14+/t18-,19+,20-/m0/s1. The molecule has 0 aromatic rings. The highest BCUT2D eigenvalue weighted by atomic mass is 16.4. The van der Waals surface area contributed by atoms with Crippen molar-refractivity contribution in [2.75, 3.05) is 0 Å². The number of carbonyl (C=O) groups is 2. The number of carboxylic acid groups (broad SMARTS) is 1. The van der Waals surface area contributed by atoms with Crippen molar-refractivity contribution in [1.82, 2.24) is 0 Å². The van der Waals surface area contributed by atoms with Crippen LogP contribution in [0.4, 0.5) is 0 Å². The number of carbonyl (C=O) groups excluding carboxylic acids is 1. The molecule has 1 rings (SSSR count). The van der Waals surface area contributed by atoms with Crippen molar-refractivity contribution in [3.8, 4) is 0 Å². The van der Waals surface area contributed by atoms with E-state index in [1.807, 2.05) is 48.6 Å². The van der Waals surface area contributed by atoms with E-state index in [2.05, 4.69) is 6.92 Å². The fourth-order valence-electron chi connectivity index (χ4n) is 2.70. The predicted molar refractivity (Wildman–Crippen MR) is 105 cm³/mol. The molecule has 1 aliphatic rings. The summed E-state index contributed by atoms with van der Waals surface area (Å²) in [5.41, 5.74) is 0. The van der Waals surface area contributed by atoms with Crippen LogP contribution in [0.1, 0.15) is 45.4 Å². The van der Waals surface area contributed by atoms with Crippen LogP contribution in [0.5, 0.6) is 0 Å². The molecule has 0 bridgehead atoms. The lowest BCUT2D eigenvalue weighted by Crippen LogP contribution is -2.14. The molecule has 0 unspecified atom stereocenters. The first-order chi connectivity index (χ1) is 12.5. The molecule has 0 saturated carbocycles. The highest BCUT2D eigenvalue weighted by Crippen LogP contribution is 2.27. The van der Waals surface area contributed by atoms with Crippen molar-refractivity contribution in [2.24, 2.45) is 11.8 Å². The molecule has 0 spiro atoms. The fraction of sp³-hybridized carbons (Fsp3) is 0.455. The van der Waals surface area contributed by atoms with Gasteiger partial charge in [-0.25, -0.2) is 0 Å². The summed E-state index contributed by atoms with van der Waals surface area (Å²) in [6.07, 6.45) is 22.1. The summed E-state index contributed by atoms with van der Waals surface area (Å²) in [6, 6.07) is 0. The third-order valence-electron chi connectivity index (χ3n) is 4.17. The zero-order chi connectivity index (χ0) is 19.2. The van der Waals surface area contributed by atoms with Gasteiger partial charge in [-0.15, -0.1) is 0 Å². The Bertz CT molecular complexity index is 581. The SMILES string of the molecule is CC/C=C\C[C@@H](O)/C=C/[C@H]1C=CC(=O)[C@H]1C/C=C\C/C=C\CCC(=O)O. The number of hydrogen-bond donors (Lipinski definition) is 2. The molecular weight excluding hydrogens is 328 g/mol. The average Bonchev–Trinajstić information content (AvgIpc) is 2.95. The maximum Gasteiger partial charge on any atom is 0.303 e. The van der Waals surface area contributed by atoms with Gasteiger partial charge in [-0.1, -0.05) is 61.6 Å². The van der Waals surface area contributed by atoms with E-state index < -0.39 is 12.1 Å². The normalized spacial score (nSPS) is 21.8. The summed E-state index contributed by atoms with van der Waals surface area (Å²) in [4.78, 5) is 22.4. The summed E-state index contributed by atoms with van der Waals surface area (Å²) in [5, 5.41) is 18.5. The van der Waals surface area contributed by atoms with Crippen LogP contribution in [0.25, 0.3) is 0 Å². The zero-order valence-corrected chi connectivity index (χ0v) is 15.5. The molecule has 2 N–H and O–H groups in total. The molecule has 0 saturated heterocycles. The van der Waals surface area contributed by atoms with Gasteiger partial charge in [0.25, 0.3) is 0 Å². The van der Waals surface area contributed by atoms with Crippen molar-refractivity contribution in [1.29, 1.82) is 0 Å². The van der Waals surface area contributed by atoms with E-state index in [9.17, 15) is 14.7 Å². The molecule has 26 heavy (non-hydrogen) atoms. The first-order valence-corrected chi connectivity index (χ1v) is 9.29. The monoisotopic (exact) mass is 358 g/mol. The molecule has 142 valence electrons. The molecule has 0 aliphatic heterocycles. The van der Waals surface area contributed by atoms with Crippen LogP contribution < -0.4 is 0 Å². The maximum atomic E-state index is 12.0. The molecule has 0 fully saturated rings. The number of aliphatic hydroxyl groups is 1. The van der Waals surface area contributed by atoms with E-state index in [0.717, 1.165) is 12.8 Å². The van der Waals surface area contributed by atoms with Gasteiger partial charge < -0.3 is 10.2 Å². The molecule has 3 atom stereocenters. The Balaban J connectivity index is 2.39. The zero-order valence-electron chi connectivity index (χ0n) is 15.5. The van der Waals surface area contributed by atoms with Crippen molar-refractivity contribution in [3.05, 3.63) is 60.8 Å². The van der Waals surface area contributed by atoms with Crippen LogP contribution >= 0.6 is 0 Å². The summed E-state index contributed by atoms with van der Waals surface area (Å²) in [7, 11) is 0. The Kier molecular flexibility index (Phi) is 11.0. The molecular formula is C22H30O4. The number of rotatable bonds is 12. The quantitative estimate of drug-likeness (QED) is 0.507. The van der Waals surface area contributed by atoms with E-state index >= 15 is 0 Å². The highest BCUT2D eigenvalue weighted by Gasteiger charge is 2.27. The van der Waals surface area contributed by atoms with Crippen LogP contribution in [-0.4, -0.2) is 28.1 Å². The maximum absolute atomic E-state index is 12.0. The molecule has 0 heterocycles. The van der Waals surface area contributed by atoms with Gasteiger partial charge in [-0.2, -0.15) is 0 Å². The lowest BCUT2D eigenvalue weighted by Gasteiger charge is -2.13. The van der Waals surface area contributed by atoms with Crippen molar-refractivity contribution in [3.63, 3.8) is 0 Å². The average molecular weight is 358 g/mol.